The van der Waals surface area contributed by atoms with E-state index in [-0.39, 0.29) is 0 Å². The Balaban J connectivity index is 2.63. The van der Waals surface area contributed by atoms with Crippen molar-refractivity contribution in [2.45, 2.75) is 6.42 Å². The van der Waals surface area contributed by atoms with Crippen molar-refractivity contribution in [1.29, 1.82) is 0 Å². The summed E-state index contributed by atoms with van der Waals surface area (Å²) < 4.78 is 2.15. The van der Waals surface area contributed by atoms with E-state index in [0.717, 1.165) is 6.42 Å². The Morgan fingerprint density at radius 1 is 1.31 bits per heavy atom. The maximum Gasteiger partial charge on any atom is 0.0480 e. The first-order valence-electron chi connectivity index (χ1n) is 4.42. The largest absolute Gasteiger partial charge is 0.350 e. The molecule has 0 saturated carbocycles. The van der Waals surface area contributed by atoms with Crippen LogP contribution in [0.25, 0.3) is 10.9 Å². The van der Waals surface area contributed by atoms with Gasteiger partial charge in [-0.2, -0.15) is 0 Å². The van der Waals surface area contributed by atoms with Gasteiger partial charge in [0.25, 0.3) is 0 Å². The number of aromatic nitrogens is 1. The number of rotatable bonds is 2. The van der Waals surface area contributed by atoms with E-state index in [0.29, 0.717) is 5.88 Å². The first kappa shape index (κ1) is 8.64. The summed E-state index contributed by atoms with van der Waals surface area (Å²) in [4.78, 5) is 0. The Morgan fingerprint density at radius 3 is 2.85 bits per heavy atom. The molecular weight excluding hydrogens is 182 g/mol. The molecule has 2 heteroatoms. The minimum absolute atomic E-state index is 0.688. The lowest BCUT2D eigenvalue weighted by molar-refractivity contribution is 0.955. The van der Waals surface area contributed by atoms with Gasteiger partial charge in [-0.3, -0.25) is 0 Å². The van der Waals surface area contributed by atoms with Crippen LogP contribution in [0.15, 0.2) is 30.5 Å². The van der Waals surface area contributed by atoms with Crippen molar-refractivity contribution < 1.29 is 0 Å². The third kappa shape index (κ3) is 1.44. The molecular formula is C11H12ClN. The van der Waals surface area contributed by atoms with Gasteiger partial charge in [0.15, 0.2) is 0 Å². The Hall–Kier alpha value is -0.950. The molecule has 2 rings (SSSR count). The molecule has 1 aromatic heterocycles. The predicted octanol–water partition coefficient (Wildman–Crippen LogP) is 2.96. The van der Waals surface area contributed by atoms with Crippen molar-refractivity contribution in [3.05, 3.63) is 36.0 Å². The van der Waals surface area contributed by atoms with Crippen LogP contribution in [0.4, 0.5) is 0 Å². The summed E-state index contributed by atoms with van der Waals surface area (Å²) in [6.45, 7) is 0. The van der Waals surface area contributed by atoms with Crippen LogP contribution in [-0.2, 0) is 13.5 Å². The van der Waals surface area contributed by atoms with Gasteiger partial charge in [0.1, 0.15) is 0 Å². The van der Waals surface area contributed by atoms with Gasteiger partial charge in [0.05, 0.1) is 0 Å². The Morgan fingerprint density at radius 2 is 2.08 bits per heavy atom. The summed E-state index contributed by atoms with van der Waals surface area (Å²) in [6, 6.07) is 8.41. The summed E-state index contributed by atoms with van der Waals surface area (Å²) in [5, 5.41) is 1.32. The predicted molar refractivity (Wildman–Crippen MR) is 57.3 cm³/mol. The fraction of sp³-hybridized carbons (Fsp3) is 0.273. The van der Waals surface area contributed by atoms with Gasteiger partial charge in [-0.25, -0.2) is 0 Å². The third-order valence-electron chi connectivity index (χ3n) is 2.34. The minimum atomic E-state index is 0.688. The lowest BCUT2D eigenvalue weighted by Crippen LogP contribution is -1.83. The molecule has 0 unspecified atom stereocenters. The molecule has 0 saturated heterocycles. The Bertz CT molecular complexity index is 417. The van der Waals surface area contributed by atoms with Crippen molar-refractivity contribution in [2.75, 3.05) is 5.88 Å². The molecule has 0 atom stereocenters. The van der Waals surface area contributed by atoms with Gasteiger partial charge < -0.3 is 4.57 Å². The smallest absolute Gasteiger partial charge is 0.0480 e. The van der Waals surface area contributed by atoms with Crippen molar-refractivity contribution in [3.8, 4) is 0 Å². The SMILES string of the molecule is Cn1cc(CCCl)c2ccccc21. The molecule has 0 radical (unpaired) electrons. The van der Waals surface area contributed by atoms with Crippen molar-refractivity contribution in [1.82, 2.24) is 4.57 Å². The number of fused-ring (bicyclic) bond motifs is 1. The molecule has 0 aliphatic carbocycles. The monoisotopic (exact) mass is 193 g/mol. The normalized spacial score (nSPS) is 10.9. The van der Waals surface area contributed by atoms with E-state index in [1.807, 2.05) is 0 Å². The number of benzene rings is 1. The molecule has 0 spiro atoms. The fourth-order valence-electron chi connectivity index (χ4n) is 1.73. The standard InChI is InChI=1S/C11H12ClN/c1-13-8-9(6-7-12)10-4-2-3-5-11(10)13/h2-5,8H,6-7H2,1H3. The number of aryl methyl sites for hydroxylation is 2. The second-order valence-corrected chi connectivity index (χ2v) is 3.60. The number of hydrogen-bond acceptors (Lipinski definition) is 0. The highest BCUT2D eigenvalue weighted by Crippen LogP contribution is 2.20. The summed E-state index contributed by atoms with van der Waals surface area (Å²) in [6.07, 6.45) is 3.11. The zero-order valence-corrected chi connectivity index (χ0v) is 8.38. The van der Waals surface area contributed by atoms with Crippen LogP contribution in [-0.4, -0.2) is 10.4 Å². The molecule has 13 heavy (non-hydrogen) atoms. The second kappa shape index (κ2) is 3.43. The molecule has 1 nitrogen and oxygen atoms in total. The zero-order chi connectivity index (χ0) is 9.26. The van der Waals surface area contributed by atoms with Gasteiger partial charge in [-0.15, -0.1) is 11.6 Å². The van der Waals surface area contributed by atoms with Gasteiger partial charge in [0.2, 0.25) is 0 Å². The third-order valence-corrected chi connectivity index (χ3v) is 2.53. The van der Waals surface area contributed by atoms with E-state index in [4.69, 9.17) is 11.6 Å². The van der Waals surface area contributed by atoms with Crippen LogP contribution < -0.4 is 0 Å². The molecule has 0 bridgehead atoms. The van der Waals surface area contributed by atoms with E-state index >= 15 is 0 Å². The highest BCUT2D eigenvalue weighted by atomic mass is 35.5. The minimum Gasteiger partial charge on any atom is -0.350 e. The summed E-state index contributed by atoms with van der Waals surface area (Å²) in [7, 11) is 2.07. The van der Waals surface area contributed by atoms with Gasteiger partial charge in [-0.05, 0) is 18.1 Å². The summed E-state index contributed by atoms with van der Waals surface area (Å²) >= 11 is 5.74. The second-order valence-electron chi connectivity index (χ2n) is 3.22. The maximum absolute atomic E-state index is 5.74. The highest BCUT2D eigenvalue weighted by molar-refractivity contribution is 6.18. The quantitative estimate of drug-likeness (QED) is 0.647. The molecule has 0 aliphatic rings. The van der Waals surface area contributed by atoms with E-state index in [1.54, 1.807) is 0 Å². The van der Waals surface area contributed by atoms with Crippen LogP contribution in [0, 0.1) is 0 Å². The van der Waals surface area contributed by atoms with Crippen molar-refractivity contribution in [2.24, 2.45) is 7.05 Å². The Labute approximate surface area is 82.9 Å². The lowest BCUT2D eigenvalue weighted by Gasteiger charge is -1.93. The molecule has 0 N–H and O–H groups in total. The number of alkyl halides is 1. The van der Waals surface area contributed by atoms with E-state index < -0.39 is 0 Å². The molecule has 0 aliphatic heterocycles. The van der Waals surface area contributed by atoms with E-state index in [2.05, 4.69) is 42.1 Å². The first-order valence-corrected chi connectivity index (χ1v) is 4.95. The summed E-state index contributed by atoms with van der Waals surface area (Å²) in [5.74, 6) is 0.688. The molecule has 1 aromatic carbocycles. The molecule has 0 amide bonds. The van der Waals surface area contributed by atoms with Crippen LogP contribution >= 0.6 is 11.6 Å². The molecule has 1 heterocycles. The highest BCUT2D eigenvalue weighted by Gasteiger charge is 2.03. The lowest BCUT2D eigenvalue weighted by atomic mass is 10.1. The molecule has 68 valence electrons. The van der Waals surface area contributed by atoms with Gasteiger partial charge in [-0.1, -0.05) is 18.2 Å². The number of para-hydroxylation sites is 1. The average Bonchev–Trinajstić information content (AvgIpc) is 2.46. The van der Waals surface area contributed by atoms with Crippen LogP contribution in [0.1, 0.15) is 5.56 Å². The number of hydrogen-bond donors (Lipinski definition) is 0. The van der Waals surface area contributed by atoms with Crippen molar-refractivity contribution in [3.63, 3.8) is 0 Å². The van der Waals surface area contributed by atoms with Crippen molar-refractivity contribution >= 4 is 22.5 Å². The van der Waals surface area contributed by atoms with Crippen LogP contribution in [0.5, 0.6) is 0 Å². The van der Waals surface area contributed by atoms with Crippen LogP contribution in [0.2, 0.25) is 0 Å². The maximum atomic E-state index is 5.74. The fourth-order valence-corrected chi connectivity index (χ4v) is 1.93. The van der Waals surface area contributed by atoms with Gasteiger partial charge >= 0.3 is 0 Å². The van der Waals surface area contributed by atoms with Gasteiger partial charge in [0, 0.05) is 30.0 Å². The first-order chi connectivity index (χ1) is 6.33. The topological polar surface area (TPSA) is 4.93 Å². The number of nitrogens with zero attached hydrogens (tertiary/aromatic N) is 1. The zero-order valence-electron chi connectivity index (χ0n) is 7.63. The molecule has 2 aromatic rings. The Kier molecular flexibility index (Phi) is 2.28. The number of halogens is 1. The van der Waals surface area contributed by atoms with E-state index in [1.165, 1.54) is 16.5 Å². The molecule has 0 fully saturated rings. The average molecular weight is 194 g/mol. The van der Waals surface area contributed by atoms with E-state index in [9.17, 15) is 0 Å². The summed E-state index contributed by atoms with van der Waals surface area (Å²) in [5.41, 5.74) is 2.62. The van der Waals surface area contributed by atoms with Crippen LogP contribution in [0.3, 0.4) is 0 Å².